The quantitative estimate of drug-likeness (QED) is 0.0190. The van der Waals surface area contributed by atoms with E-state index >= 15 is 0 Å². The van der Waals surface area contributed by atoms with E-state index in [4.69, 9.17) is 77.3 Å². The van der Waals surface area contributed by atoms with Gasteiger partial charge in [-0.05, 0) is 233 Å². The van der Waals surface area contributed by atoms with Gasteiger partial charge in [0.05, 0.1) is 45.7 Å². The van der Waals surface area contributed by atoms with Crippen LogP contribution in [0.5, 0.6) is 0 Å². The predicted molar refractivity (Wildman–Crippen MR) is 402 cm³/mol. The van der Waals surface area contributed by atoms with Gasteiger partial charge in [0.2, 0.25) is 0 Å². The molecule has 0 bridgehead atoms. The van der Waals surface area contributed by atoms with E-state index in [1.807, 2.05) is 41.5 Å². The van der Waals surface area contributed by atoms with Crippen LogP contribution in [0.15, 0.2) is 0 Å². The summed E-state index contributed by atoms with van der Waals surface area (Å²) in [7, 11) is -6.56. The summed E-state index contributed by atoms with van der Waals surface area (Å²) in [5.41, 5.74) is 0. The molecule has 0 fully saturated rings. The average molecular weight is 1660 g/mol. The number of rotatable bonds is 55. The Kier molecular flexibility index (Phi) is 86.3. The summed E-state index contributed by atoms with van der Waals surface area (Å²) in [6, 6.07) is 0. The molecule has 39 heteroatoms. The zero-order chi connectivity index (χ0) is 82.8. The molecule has 0 radical (unpaired) electrons. The second-order valence-corrected chi connectivity index (χ2v) is 36.4. The molecule has 0 saturated heterocycles. The molecule has 0 aromatic heterocycles. The standard InChI is InChI=1S/C19H35O6P.C19H35O5P.C16H29O6P.C13H23O6P.3O3S/c1-16(2)25-19(23)12-6-9-15-26(13-7-4-10-17(20)21)14-8-5-11-18(22)24-3;1-16(2)24-19(23)12-6-9-15-25(13-7-4-10-17(3)20)14-8-5-11-18(21)22;1-13(2)22-16(20)9-6-12-23(10-4-7-14(17)18)11-5-8-15(19)21-3;1-10(2)19-13(17)6-9-20(7-4-11(14)15)8-5-12(16)18-3;3*1-4(2)3/h16H,4-15H2,1-3H3,(H,20,21);16H,4-15H2,1-3H3,(H,21,22);13H,4-12H2,1-3H3,(H,17,18);10H,4-9H2,1-3H3,(H,14,15);;;. The number of esters is 7. The zero-order valence-corrected chi connectivity index (χ0v) is 70.1. The van der Waals surface area contributed by atoms with Crippen molar-refractivity contribution in [1.29, 1.82) is 0 Å². The van der Waals surface area contributed by atoms with Gasteiger partial charge < -0.3 is 58.4 Å². The monoisotopic (exact) mass is 1660 g/mol. The molecule has 0 aromatic rings. The number of carboxylic acid groups (broad SMARTS) is 4. The summed E-state index contributed by atoms with van der Waals surface area (Å²) in [5, 5.41) is 34.9. The molecule has 0 saturated carbocycles. The van der Waals surface area contributed by atoms with Crippen molar-refractivity contribution in [2.24, 2.45) is 0 Å². The van der Waals surface area contributed by atoms with Crippen molar-refractivity contribution < 1.29 is 149 Å². The molecule has 32 nitrogen and oxygen atoms in total. The molecule has 0 aliphatic rings. The third-order valence-corrected chi connectivity index (χ3v) is 24.5. The molecular formula is C67H122O32P4S3. The van der Waals surface area contributed by atoms with Gasteiger partial charge in [0.1, 0.15) is 5.78 Å². The van der Waals surface area contributed by atoms with Crippen LogP contribution in [0.3, 0.4) is 0 Å². The van der Waals surface area contributed by atoms with E-state index in [1.54, 1.807) is 20.8 Å². The van der Waals surface area contributed by atoms with Gasteiger partial charge in [0.15, 0.2) is 0 Å². The van der Waals surface area contributed by atoms with Crippen molar-refractivity contribution in [3.8, 4) is 0 Å². The molecule has 0 rings (SSSR count). The second-order valence-electron chi connectivity index (χ2n) is 24.4. The van der Waals surface area contributed by atoms with Crippen molar-refractivity contribution in [1.82, 2.24) is 0 Å². The number of carboxylic acids is 4. The molecule has 0 aromatic carbocycles. The first kappa shape index (κ1) is 114. The fraction of sp³-hybridized carbons (Fsp3) is 0.821. The van der Waals surface area contributed by atoms with E-state index in [-0.39, 0.29) is 134 Å². The van der Waals surface area contributed by atoms with Gasteiger partial charge in [-0.2, -0.15) is 0 Å². The Hall–Kier alpha value is -5.58. The van der Waals surface area contributed by atoms with Crippen molar-refractivity contribution in [2.75, 3.05) is 95.3 Å². The molecule has 0 aliphatic heterocycles. The SMILES string of the molecule is CC(=O)CCCCP(CCCCC(=O)O)CCCCC(=O)OC(C)C.COC(=O)CCCCP(CCCCC(=O)O)CCCCC(=O)OC(C)C.COC(=O)CCCP(CCCC(=O)O)CCCC(=O)OC(C)C.COC(=O)CCP(CCC(=O)O)CCC(=O)OC(C)C.O=S(=O)=O.O=S(=O)=O.O=S(=O)=O. The van der Waals surface area contributed by atoms with Gasteiger partial charge in [-0.25, -0.2) is 0 Å². The Morgan fingerprint density at radius 3 is 0.670 bits per heavy atom. The van der Waals surface area contributed by atoms with Crippen LogP contribution in [0.2, 0.25) is 0 Å². The lowest BCUT2D eigenvalue weighted by Crippen LogP contribution is -2.13. The van der Waals surface area contributed by atoms with Crippen LogP contribution in [0.1, 0.15) is 236 Å². The zero-order valence-electron chi connectivity index (χ0n) is 64.1. The van der Waals surface area contributed by atoms with Crippen molar-refractivity contribution in [3.63, 3.8) is 0 Å². The number of ether oxygens (including phenoxy) is 7. The normalized spacial score (nSPS) is 11.4. The Labute approximate surface area is 636 Å². The van der Waals surface area contributed by atoms with Gasteiger partial charge in [0, 0.05) is 77.0 Å². The predicted octanol–water partition coefficient (Wildman–Crippen LogP) is 10.6. The largest absolute Gasteiger partial charge is 0.481 e. The number of carbonyl (C=O) groups is 12. The number of aliphatic carboxylic acids is 4. The van der Waals surface area contributed by atoms with E-state index in [9.17, 15) is 57.5 Å². The second kappa shape index (κ2) is 80.4. The first-order valence-electron chi connectivity index (χ1n) is 35.1. The molecular weight excluding hydrogens is 1540 g/mol. The minimum absolute atomic E-state index is 0.0554. The number of ketones is 1. The van der Waals surface area contributed by atoms with E-state index in [2.05, 4.69) is 14.2 Å². The molecule has 0 heterocycles. The summed E-state index contributed by atoms with van der Waals surface area (Å²) in [6.07, 6.45) is 27.7. The van der Waals surface area contributed by atoms with Crippen LogP contribution < -0.4 is 0 Å². The van der Waals surface area contributed by atoms with Crippen LogP contribution in [0.25, 0.3) is 0 Å². The Morgan fingerprint density at radius 2 is 0.415 bits per heavy atom. The molecule has 620 valence electrons. The third-order valence-electron chi connectivity index (χ3n) is 13.4. The first-order chi connectivity index (χ1) is 49.5. The number of hydrogen-bond acceptors (Lipinski definition) is 28. The Balaban J connectivity index is -0.000000234. The highest BCUT2D eigenvalue weighted by Crippen LogP contribution is 2.42. The summed E-state index contributed by atoms with van der Waals surface area (Å²) in [4.78, 5) is 133. The number of unbranched alkanes of at least 4 members (excludes halogenated alkanes) is 6. The molecule has 4 atom stereocenters. The highest BCUT2D eigenvalue weighted by atomic mass is 32.2. The smallest absolute Gasteiger partial charge is 0.425 e. The minimum atomic E-state index is -3.11. The van der Waals surface area contributed by atoms with Crippen molar-refractivity contribution >= 4 is 135 Å². The lowest BCUT2D eigenvalue weighted by atomic mass is 10.2. The van der Waals surface area contributed by atoms with Gasteiger partial charge in [0.25, 0.3) is 0 Å². The average Bonchev–Trinajstić information content (AvgIpc) is 0.980. The Morgan fingerprint density at radius 1 is 0.245 bits per heavy atom. The molecule has 0 aliphatic carbocycles. The maximum atomic E-state index is 11.6. The highest BCUT2D eigenvalue weighted by Gasteiger charge is 2.18. The van der Waals surface area contributed by atoms with Crippen molar-refractivity contribution in [2.45, 2.75) is 260 Å². The van der Waals surface area contributed by atoms with Crippen LogP contribution in [-0.4, -0.2) is 249 Å². The van der Waals surface area contributed by atoms with Crippen LogP contribution in [0.4, 0.5) is 0 Å². The maximum Gasteiger partial charge on any atom is 0.425 e. The van der Waals surface area contributed by atoms with Crippen LogP contribution >= 0.6 is 31.7 Å². The van der Waals surface area contributed by atoms with Gasteiger partial charge in [-0.15, -0.1) is 69.6 Å². The highest BCUT2D eigenvalue weighted by molar-refractivity contribution is 7.59. The number of methoxy groups -OCH3 is 3. The summed E-state index contributed by atoms with van der Waals surface area (Å²) >= 11 is 0. The molecule has 0 spiro atoms. The van der Waals surface area contributed by atoms with E-state index in [1.165, 1.54) is 21.3 Å². The fourth-order valence-electron chi connectivity index (χ4n) is 8.78. The molecule has 106 heavy (non-hydrogen) atoms. The van der Waals surface area contributed by atoms with Gasteiger partial charge in [-0.3, -0.25) is 52.7 Å². The van der Waals surface area contributed by atoms with Crippen LogP contribution in [-0.2, 0) is 123 Å². The van der Waals surface area contributed by atoms with Gasteiger partial charge >= 0.3 is 97.5 Å². The van der Waals surface area contributed by atoms with Crippen LogP contribution in [0, 0.1) is 0 Å². The topological polar surface area (TPSA) is 504 Å². The molecule has 4 N–H and O–H groups in total. The minimum Gasteiger partial charge on any atom is -0.481 e. The summed E-state index contributed by atoms with van der Waals surface area (Å²) in [6.45, 7) is 16.2. The lowest BCUT2D eigenvalue weighted by Gasteiger charge is -2.17. The molecule has 4 unspecified atom stereocenters. The fourth-order valence-corrected chi connectivity index (χ4v) is 18.8. The molecule has 0 amide bonds. The first-order valence-corrected chi connectivity index (χ1v) is 45.7. The van der Waals surface area contributed by atoms with Gasteiger partial charge in [-0.1, -0.05) is 0 Å². The maximum absolute atomic E-state index is 11.6. The summed E-state index contributed by atoms with van der Waals surface area (Å²) < 4.78 is 110. The third kappa shape index (κ3) is 112. The van der Waals surface area contributed by atoms with E-state index < -0.39 is 63.6 Å². The lowest BCUT2D eigenvalue weighted by molar-refractivity contribution is -0.148. The van der Waals surface area contributed by atoms with E-state index in [0.717, 1.165) is 145 Å². The van der Waals surface area contributed by atoms with E-state index in [0.29, 0.717) is 63.4 Å². The Bertz CT molecular complexity index is 2660. The van der Waals surface area contributed by atoms with Crippen molar-refractivity contribution in [3.05, 3.63) is 0 Å². The number of hydrogen-bond donors (Lipinski definition) is 4. The number of Topliss-reactive ketones (excluding diaryl/α,β-unsaturated/α-hetero) is 1. The number of carbonyl (C=O) groups excluding carboxylic acids is 8. The summed E-state index contributed by atoms with van der Waals surface area (Å²) in [5.74, 6) is -4.28.